The number of carbonyl (C=O) groups is 3. The smallest absolute Gasteiger partial charge is 0.326 e. The number of carboxylic acids is 2. The van der Waals surface area contributed by atoms with Gasteiger partial charge in [-0.1, -0.05) is 11.8 Å². The molecule has 0 fully saturated rings. The lowest BCUT2D eigenvalue weighted by Gasteiger charge is -2.10. The van der Waals surface area contributed by atoms with E-state index in [4.69, 9.17) is 14.6 Å². The summed E-state index contributed by atoms with van der Waals surface area (Å²) in [5, 5.41) is 19.3. The van der Waals surface area contributed by atoms with Crippen LogP contribution in [0.2, 0.25) is 0 Å². The molecule has 1 amide bonds. The molecular weight excluding hydrogens is 312 g/mol. The summed E-state index contributed by atoms with van der Waals surface area (Å²) >= 11 is 0.306. The van der Waals surface area contributed by atoms with E-state index >= 15 is 0 Å². The Morgan fingerprint density at radius 1 is 1.29 bits per heavy atom. The van der Waals surface area contributed by atoms with Crippen LogP contribution < -0.4 is 5.32 Å². The highest BCUT2D eigenvalue weighted by atomic mass is 32.2. The van der Waals surface area contributed by atoms with Crippen LogP contribution in [0.25, 0.3) is 0 Å². The van der Waals surface area contributed by atoms with E-state index < -0.39 is 36.1 Å². The minimum absolute atomic E-state index is 0.121. The van der Waals surface area contributed by atoms with Gasteiger partial charge in [-0.05, 0) is 12.1 Å². The summed E-state index contributed by atoms with van der Waals surface area (Å²) in [7, 11) is 0. The van der Waals surface area contributed by atoms with Crippen molar-refractivity contribution in [2.75, 3.05) is 0 Å². The average molecular weight is 323 g/mol. The second-order valence-corrected chi connectivity index (χ2v) is 4.78. The topological polar surface area (TPSA) is 117 Å². The Hall–Kier alpha value is -2.10. The monoisotopic (exact) mass is 323 g/mol. The van der Waals surface area contributed by atoms with Gasteiger partial charge in [-0.25, -0.2) is 4.79 Å². The van der Waals surface area contributed by atoms with E-state index in [0.29, 0.717) is 11.8 Å². The van der Waals surface area contributed by atoms with Crippen LogP contribution in [0.15, 0.2) is 16.5 Å². The third kappa shape index (κ3) is 5.81. The Morgan fingerprint density at radius 2 is 1.95 bits per heavy atom. The summed E-state index contributed by atoms with van der Waals surface area (Å²) in [5.41, 5.74) is 0. The molecule has 0 unspecified atom stereocenters. The number of alkyl halides is 2. The highest BCUT2D eigenvalue weighted by molar-refractivity contribution is 7.98. The quantitative estimate of drug-likeness (QED) is 0.662. The van der Waals surface area contributed by atoms with E-state index in [-0.39, 0.29) is 17.3 Å². The molecule has 116 valence electrons. The van der Waals surface area contributed by atoms with Gasteiger partial charge in [0.2, 0.25) is 0 Å². The molecule has 3 N–H and O–H groups in total. The maximum atomic E-state index is 12.0. The Morgan fingerprint density at radius 3 is 2.48 bits per heavy atom. The third-order valence-corrected chi connectivity index (χ3v) is 2.92. The van der Waals surface area contributed by atoms with Gasteiger partial charge in [0, 0.05) is 0 Å². The van der Waals surface area contributed by atoms with Gasteiger partial charge in [0.15, 0.2) is 5.76 Å². The Balaban J connectivity index is 2.65. The van der Waals surface area contributed by atoms with E-state index in [0.717, 1.165) is 0 Å². The lowest BCUT2D eigenvalue weighted by molar-refractivity contribution is -0.145. The lowest BCUT2D eigenvalue weighted by atomic mass is 10.2. The first kappa shape index (κ1) is 17.0. The molecule has 0 aliphatic carbocycles. The zero-order valence-electron chi connectivity index (χ0n) is 10.4. The lowest BCUT2D eigenvalue weighted by Crippen LogP contribution is -2.42. The number of thioether (sulfide) groups is 1. The van der Waals surface area contributed by atoms with Crippen molar-refractivity contribution in [1.82, 2.24) is 5.32 Å². The minimum atomic E-state index is -2.58. The molecule has 1 rings (SSSR count). The molecule has 21 heavy (non-hydrogen) atoms. The number of aliphatic carboxylic acids is 2. The molecule has 0 bridgehead atoms. The predicted molar refractivity (Wildman–Crippen MR) is 67.1 cm³/mol. The summed E-state index contributed by atoms with van der Waals surface area (Å²) in [6.45, 7) is 0. The number of nitrogens with one attached hydrogen (secondary N) is 1. The van der Waals surface area contributed by atoms with Gasteiger partial charge in [-0.3, -0.25) is 9.59 Å². The summed E-state index contributed by atoms with van der Waals surface area (Å²) in [6, 6.07) is 0.882. The van der Waals surface area contributed by atoms with Gasteiger partial charge in [0.05, 0.1) is 12.2 Å². The van der Waals surface area contributed by atoms with Crippen LogP contribution in [-0.4, -0.2) is 39.9 Å². The summed E-state index contributed by atoms with van der Waals surface area (Å²) in [5.74, 6) is -6.73. The van der Waals surface area contributed by atoms with Crippen LogP contribution in [0.1, 0.15) is 22.7 Å². The van der Waals surface area contributed by atoms with E-state index in [9.17, 15) is 23.2 Å². The van der Waals surface area contributed by atoms with Gasteiger partial charge < -0.3 is 19.9 Å². The summed E-state index contributed by atoms with van der Waals surface area (Å²) in [6.07, 6.45) is -0.796. The molecule has 0 saturated carbocycles. The van der Waals surface area contributed by atoms with Crippen molar-refractivity contribution >= 4 is 29.6 Å². The van der Waals surface area contributed by atoms with Crippen molar-refractivity contribution in [3.8, 4) is 0 Å². The van der Waals surface area contributed by atoms with Crippen LogP contribution in [0, 0.1) is 0 Å². The standard InChI is InChI=1S/C11H11F2NO6S/c12-11(13)21-4-5-1-2-7(20-5)9(17)14-6(10(18)19)3-8(15)16/h1-2,6,11H,3-4H2,(H,14,17)(H,15,16)(H,18,19)/t6-/m0/s1. The number of carbonyl (C=O) groups excluding carboxylic acids is 1. The highest BCUT2D eigenvalue weighted by Gasteiger charge is 2.24. The van der Waals surface area contributed by atoms with E-state index in [1.165, 1.54) is 12.1 Å². The van der Waals surface area contributed by atoms with Crippen LogP contribution in [0.3, 0.4) is 0 Å². The largest absolute Gasteiger partial charge is 0.481 e. The van der Waals surface area contributed by atoms with Crippen molar-refractivity contribution in [2.45, 2.75) is 24.0 Å². The van der Waals surface area contributed by atoms with Crippen LogP contribution >= 0.6 is 11.8 Å². The van der Waals surface area contributed by atoms with E-state index in [1.54, 1.807) is 0 Å². The molecule has 1 aromatic rings. The van der Waals surface area contributed by atoms with Gasteiger partial charge in [0.1, 0.15) is 11.8 Å². The molecule has 0 radical (unpaired) electrons. The second kappa shape index (κ2) is 7.62. The van der Waals surface area contributed by atoms with Gasteiger partial charge in [-0.2, -0.15) is 8.78 Å². The number of amides is 1. The van der Waals surface area contributed by atoms with Crippen LogP contribution in [0.5, 0.6) is 0 Å². The van der Waals surface area contributed by atoms with Crippen molar-refractivity contribution in [2.24, 2.45) is 0 Å². The van der Waals surface area contributed by atoms with Gasteiger partial charge in [-0.15, -0.1) is 0 Å². The zero-order valence-corrected chi connectivity index (χ0v) is 11.2. The van der Waals surface area contributed by atoms with Crippen molar-refractivity contribution in [3.05, 3.63) is 23.7 Å². The molecule has 0 aliphatic heterocycles. The summed E-state index contributed by atoms with van der Waals surface area (Å²) in [4.78, 5) is 32.9. The zero-order chi connectivity index (χ0) is 16.0. The fourth-order valence-corrected chi connectivity index (χ4v) is 1.77. The van der Waals surface area contributed by atoms with Crippen molar-refractivity contribution in [1.29, 1.82) is 0 Å². The number of hydrogen-bond acceptors (Lipinski definition) is 5. The fraction of sp³-hybridized carbons (Fsp3) is 0.364. The fourth-order valence-electron chi connectivity index (χ4n) is 1.33. The number of hydrogen-bond donors (Lipinski definition) is 3. The number of halogens is 2. The predicted octanol–water partition coefficient (Wildman–Crippen LogP) is 1.39. The van der Waals surface area contributed by atoms with Gasteiger partial charge in [0.25, 0.3) is 11.7 Å². The maximum Gasteiger partial charge on any atom is 0.326 e. The Kier molecular flexibility index (Phi) is 6.15. The molecular formula is C11H11F2NO6S. The molecule has 0 saturated heterocycles. The first-order valence-corrected chi connectivity index (χ1v) is 6.58. The third-order valence-electron chi connectivity index (χ3n) is 2.22. The van der Waals surface area contributed by atoms with Crippen molar-refractivity contribution in [3.63, 3.8) is 0 Å². The summed E-state index contributed by atoms with van der Waals surface area (Å²) < 4.78 is 29.0. The molecule has 10 heteroatoms. The molecule has 0 spiro atoms. The molecule has 0 aromatic carbocycles. The molecule has 1 heterocycles. The molecule has 0 aliphatic rings. The average Bonchev–Trinajstić information content (AvgIpc) is 2.83. The van der Waals surface area contributed by atoms with Gasteiger partial charge >= 0.3 is 11.9 Å². The first-order valence-electron chi connectivity index (χ1n) is 5.53. The maximum absolute atomic E-state index is 12.0. The van der Waals surface area contributed by atoms with Crippen LogP contribution in [-0.2, 0) is 15.3 Å². The number of rotatable bonds is 8. The molecule has 1 aromatic heterocycles. The molecule has 1 atom stereocenters. The van der Waals surface area contributed by atoms with E-state index in [1.807, 2.05) is 5.32 Å². The Bertz CT molecular complexity index is 533. The highest BCUT2D eigenvalue weighted by Crippen LogP contribution is 2.21. The van der Waals surface area contributed by atoms with Crippen molar-refractivity contribution < 1.29 is 37.8 Å². The normalized spacial score (nSPS) is 12.1. The number of furan rings is 1. The SMILES string of the molecule is O=C(O)C[C@H](NC(=O)c1ccc(CSC(F)F)o1)C(=O)O. The molecule has 7 nitrogen and oxygen atoms in total. The Labute approximate surface area is 121 Å². The van der Waals surface area contributed by atoms with E-state index in [2.05, 4.69) is 0 Å². The second-order valence-electron chi connectivity index (χ2n) is 3.80. The van der Waals surface area contributed by atoms with Crippen LogP contribution in [0.4, 0.5) is 8.78 Å². The number of carboxylic acid groups (broad SMARTS) is 2. The minimum Gasteiger partial charge on any atom is -0.481 e. The first-order chi connectivity index (χ1) is 9.79.